The Morgan fingerprint density at radius 1 is 1.45 bits per heavy atom. The first kappa shape index (κ1) is 14.7. The smallest absolute Gasteiger partial charge is 0.241 e. The maximum Gasteiger partial charge on any atom is 0.241 e. The van der Waals surface area contributed by atoms with Gasteiger partial charge in [0, 0.05) is 13.1 Å². The van der Waals surface area contributed by atoms with Crippen molar-refractivity contribution in [1.82, 2.24) is 10.2 Å². The molecule has 0 aliphatic carbocycles. The molecule has 1 heterocycles. The summed E-state index contributed by atoms with van der Waals surface area (Å²) in [5, 5.41) is 6.33. The van der Waals surface area contributed by atoms with Gasteiger partial charge in [-0.05, 0) is 38.1 Å². The Kier molecular flexibility index (Phi) is 5.24. The number of carbonyl (C=O) groups excluding carboxylic acids is 1. The predicted octanol–water partition coefficient (Wildman–Crippen LogP) is 1.17. The van der Waals surface area contributed by atoms with Gasteiger partial charge in [0.15, 0.2) is 0 Å². The highest BCUT2D eigenvalue weighted by molar-refractivity contribution is 5.81. The molecule has 0 bridgehead atoms. The molecule has 1 saturated heterocycles. The fourth-order valence-corrected chi connectivity index (χ4v) is 2.59. The third-order valence-electron chi connectivity index (χ3n) is 3.67. The molecule has 110 valence electrons. The van der Waals surface area contributed by atoms with Gasteiger partial charge in [-0.1, -0.05) is 12.1 Å². The number of rotatable bonds is 6. The molecule has 2 N–H and O–H groups in total. The topological polar surface area (TPSA) is 53.6 Å². The van der Waals surface area contributed by atoms with Crippen molar-refractivity contribution in [1.29, 1.82) is 0 Å². The fraction of sp³-hybridized carbons (Fsp3) is 0.533. The molecule has 0 radical (unpaired) electrons. The Bertz CT molecular complexity index is 450. The summed E-state index contributed by atoms with van der Waals surface area (Å²) in [6.07, 6.45) is 1.08. The van der Waals surface area contributed by atoms with Gasteiger partial charge in [0.2, 0.25) is 5.91 Å². The Hall–Kier alpha value is -1.75. The van der Waals surface area contributed by atoms with Crippen LogP contribution < -0.4 is 15.4 Å². The van der Waals surface area contributed by atoms with Crippen LogP contribution in [0.25, 0.3) is 0 Å². The quantitative estimate of drug-likeness (QED) is 0.820. The molecule has 20 heavy (non-hydrogen) atoms. The van der Waals surface area contributed by atoms with Crippen molar-refractivity contribution < 1.29 is 9.53 Å². The Morgan fingerprint density at radius 3 is 3.00 bits per heavy atom. The van der Waals surface area contributed by atoms with Crippen LogP contribution in [0.3, 0.4) is 0 Å². The molecular weight excluding hydrogens is 254 g/mol. The summed E-state index contributed by atoms with van der Waals surface area (Å²) < 4.78 is 5.26. The van der Waals surface area contributed by atoms with Crippen LogP contribution in [0.5, 0.6) is 5.75 Å². The second-order valence-corrected chi connectivity index (χ2v) is 5.11. The van der Waals surface area contributed by atoms with Crippen LogP contribution in [0, 0.1) is 5.92 Å². The van der Waals surface area contributed by atoms with Gasteiger partial charge in [0.05, 0.1) is 19.3 Å². The summed E-state index contributed by atoms with van der Waals surface area (Å²) in [6, 6.07) is 7.63. The Labute approximate surface area is 120 Å². The van der Waals surface area contributed by atoms with Gasteiger partial charge in [0.25, 0.3) is 0 Å². The number of amides is 1. The molecule has 0 spiro atoms. The van der Waals surface area contributed by atoms with E-state index >= 15 is 0 Å². The lowest BCUT2D eigenvalue weighted by molar-refractivity contribution is -0.128. The third-order valence-corrected chi connectivity index (χ3v) is 3.67. The van der Waals surface area contributed by atoms with Crippen molar-refractivity contribution in [3.63, 3.8) is 0 Å². The van der Waals surface area contributed by atoms with Crippen molar-refractivity contribution in [2.24, 2.45) is 5.92 Å². The van der Waals surface area contributed by atoms with Crippen LogP contribution >= 0.6 is 0 Å². The Balaban J connectivity index is 1.83. The normalized spacial score (nSPS) is 18.1. The van der Waals surface area contributed by atoms with E-state index in [1.54, 1.807) is 7.11 Å². The van der Waals surface area contributed by atoms with E-state index in [0.29, 0.717) is 12.5 Å². The molecule has 1 unspecified atom stereocenters. The highest BCUT2D eigenvalue weighted by Crippen LogP contribution is 2.23. The minimum absolute atomic E-state index is 0.148. The molecule has 1 aromatic carbocycles. The lowest BCUT2D eigenvalue weighted by Gasteiger charge is -2.18. The first-order valence-corrected chi connectivity index (χ1v) is 7.04. The Morgan fingerprint density at radius 2 is 2.25 bits per heavy atom. The van der Waals surface area contributed by atoms with Gasteiger partial charge in [-0.25, -0.2) is 0 Å². The summed E-state index contributed by atoms with van der Waals surface area (Å²) in [4.78, 5) is 14.1. The number of nitrogens with zero attached hydrogens (tertiary/aromatic N) is 1. The summed E-state index contributed by atoms with van der Waals surface area (Å²) in [5.41, 5.74) is 0.856. The predicted molar refractivity (Wildman–Crippen MR) is 80.1 cm³/mol. The van der Waals surface area contributed by atoms with Crippen molar-refractivity contribution in [3.05, 3.63) is 24.3 Å². The second kappa shape index (κ2) is 7.14. The van der Waals surface area contributed by atoms with E-state index in [0.717, 1.165) is 37.5 Å². The zero-order valence-electron chi connectivity index (χ0n) is 12.2. The number of para-hydroxylation sites is 2. The maximum absolute atomic E-state index is 12.2. The maximum atomic E-state index is 12.2. The average molecular weight is 277 g/mol. The van der Waals surface area contributed by atoms with E-state index < -0.39 is 0 Å². The van der Waals surface area contributed by atoms with Crippen molar-refractivity contribution >= 4 is 11.6 Å². The minimum atomic E-state index is 0.148. The fourth-order valence-electron chi connectivity index (χ4n) is 2.59. The van der Waals surface area contributed by atoms with E-state index in [1.807, 2.05) is 36.2 Å². The van der Waals surface area contributed by atoms with E-state index in [9.17, 15) is 4.79 Å². The monoisotopic (exact) mass is 277 g/mol. The van der Waals surface area contributed by atoms with Gasteiger partial charge in [-0.3, -0.25) is 4.79 Å². The molecule has 1 amide bonds. The van der Waals surface area contributed by atoms with Crippen molar-refractivity contribution in [2.45, 2.75) is 6.42 Å². The first-order valence-electron chi connectivity index (χ1n) is 7.04. The van der Waals surface area contributed by atoms with Crippen LogP contribution in [0.4, 0.5) is 5.69 Å². The average Bonchev–Trinajstić information content (AvgIpc) is 2.94. The minimum Gasteiger partial charge on any atom is -0.495 e. The van der Waals surface area contributed by atoms with Gasteiger partial charge < -0.3 is 20.3 Å². The van der Waals surface area contributed by atoms with E-state index in [1.165, 1.54) is 0 Å². The highest BCUT2D eigenvalue weighted by Gasteiger charge is 2.25. The van der Waals surface area contributed by atoms with Gasteiger partial charge >= 0.3 is 0 Å². The van der Waals surface area contributed by atoms with Crippen LogP contribution in [0.15, 0.2) is 24.3 Å². The van der Waals surface area contributed by atoms with E-state index in [-0.39, 0.29) is 5.91 Å². The number of anilines is 1. The van der Waals surface area contributed by atoms with Gasteiger partial charge in [0.1, 0.15) is 5.75 Å². The summed E-state index contributed by atoms with van der Waals surface area (Å²) >= 11 is 0. The highest BCUT2D eigenvalue weighted by atomic mass is 16.5. The molecular formula is C15H23N3O2. The van der Waals surface area contributed by atoms with E-state index in [4.69, 9.17) is 4.74 Å². The largest absolute Gasteiger partial charge is 0.495 e. The second-order valence-electron chi connectivity index (χ2n) is 5.11. The first-order chi connectivity index (χ1) is 9.74. The van der Waals surface area contributed by atoms with Crippen LogP contribution in [0.1, 0.15) is 6.42 Å². The third kappa shape index (κ3) is 3.63. The molecule has 1 aromatic rings. The molecule has 1 atom stereocenters. The van der Waals surface area contributed by atoms with Crippen molar-refractivity contribution in [2.75, 3.05) is 45.7 Å². The van der Waals surface area contributed by atoms with Gasteiger partial charge in [-0.2, -0.15) is 0 Å². The molecule has 0 saturated carbocycles. The lowest BCUT2D eigenvalue weighted by Crippen LogP contribution is -2.34. The zero-order chi connectivity index (χ0) is 14.4. The molecule has 5 nitrogen and oxygen atoms in total. The molecule has 2 rings (SSSR count). The van der Waals surface area contributed by atoms with Crippen LogP contribution in [-0.2, 0) is 4.79 Å². The summed E-state index contributed by atoms with van der Waals surface area (Å²) in [7, 11) is 3.58. The SMILES string of the molecule is CNCC1CCN(C(=O)CNc2ccccc2OC)C1. The van der Waals surface area contributed by atoms with E-state index in [2.05, 4.69) is 10.6 Å². The summed E-state index contributed by atoms with van der Waals surface area (Å²) in [6.45, 7) is 3.00. The zero-order valence-corrected chi connectivity index (χ0v) is 12.2. The number of hydrogen-bond acceptors (Lipinski definition) is 4. The molecule has 0 aromatic heterocycles. The molecule has 1 fully saturated rings. The van der Waals surface area contributed by atoms with Crippen molar-refractivity contribution in [3.8, 4) is 5.75 Å². The number of hydrogen-bond donors (Lipinski definition) is 2. The number of benzene rings is 1. The number of ether oxygens (including phenoxy) is 1. The standard InChI is InChI=1S/C15H23N3O2/c1-16-9-12-7-8-18(11-12)15(19)10-17-13-5-3-4-6-14(13)20-2/h3-6,12,16-17H,7-11H2,1-2H3. The molecule has 1 aliphatic heterocycles. The number of methoxy groups -OCH3 is 1. The van der Waals surface area contributed by atoms with Crippen LogP contribution in [-0.4, -0.2) is 51.1 Å². The number of carbonyl (C=O) groups is 1. The molecule has 5 heteroatoms. The summed E-state index contributed by atoms with van der Waals surface area (Å²) in [5.74, 6) is 1.49. The number of likely N-dealkylation sites (tertiary alicyclic amines) is 1. The van der Waals surface area contributed by atoms with Gasteiger partial charge in [-0.15, -0.1) is 0 Å². The van der Waals surface area contributed by atoms with Crippen LogP contribution in [0.2, 0.25) is 0 Å². The number of nitrogens with one attached hydrogen (secondary N) is 2. The lowest BCUT2D eigenvalue weighted by atomic mass is 10.1. The molecule has 1 aliphatic rings.